The number of benzene rings is 2. The van der Waals surface area contributed by atoms with E-state index in [-0.39, 0.29) is 6.61 Å². The maximum atomic E-state index is 11.2. The molecule has 0 bridgehead atoms. The third-order valence-electron chi connectivity index (χ3n) is 3.98. The Morgan fingerprint density at radius 2 is 1.82 bits per heavy atom. The van der Waals surface area contributed by atoms with Crippen molar-refractivity contribution in [2.75, 3.05) is 38.3 Å². The summed E-state index contributed by atoms with van der Waals surface area (Å²) < 4.78 is 10.7. The number of ether oxygens (including phenoxy) is 2. The molecule has 0 saturated carbocycles. The lowest BCUT2D eigenvalue weighted by atomic mass is 10.0. The number of morpholine rings is 1. The Kier molecular flexibility index (Phi) is 4.61. The molecule has 1 fully saturated rings. The standard InChI is InChI=1S/C18H20NO3/c1-21-16-5-3-15(4-6-16)17-7-2-14(13-20)12-18(17)19-8-10-22-11-9-19/h2-7,12H,8-11,13H2,1H3. The van der Waals surface area contributed by atoms with Gasteiger partial charge in [0.2, 0.25) is 0 Å². The summed E-state index contributed by atoms with van der Waals surface area (Å²) >= 11 is 0. The van der Waals surface area contributed by atoms with Gasteiger partial charge in [0.25, 0.3) is 0 Å². The van der Waals surface area contributed by atoms with Crippen molar-refractivity contribution in [1.29, 1.82) is 0 Å². The second-order valence-electron chi connectivity index (χ2n) is 5.32. The van der Waals surface area contributed by atoms with Crippen LogP contribution in [0, 0.1) is 0 Å². The topological polar surface area (TPSA) is 41.6 Å². The molecule has 4 nitrogen and oxygen atoms in total. The molecule has 2 aromatic rings. The number of rotatable bonds is 4. The van der Waals surface area contributed by atoms with E-state index >= 15 is 0 Å². The molecule has 0 unspecified atom stereocenters. The van der Waals surface area contributed by atoms with Gasteiger partial charge in [-0.2, -0.15) is 0 Å². The van der Waals surface area contributed by atoms with E-state index in [1.54, 1.807) is 7.11 Å². The number of hydrogen-bond acceptors (Lipinski definition) is 3. The molecule has 1 heterocycles. The van der Waals surface area contributed by atoms with Gasteiger partial charge in [0.1, 0.15) is 12.4 Å². The van der Waals surface area contributed by atoms with Crippen molar-refractivity contribution in [3.63, 3.8) is 0 Å². The van der Waals surface area contributed by atoms with Crippen LogP contribution in [0.4, 0.5) is 5.69 Å². The fraction of sp³-hybridized carbons (Fsp3) is 0.333. The first-order valence-electron chi connectivity index (χ1n) is 7.50. The monoisotopic (exact) mass is 298 g/mol. The van der Waals surface area contributed by atoms with E-state index in [9.17, 15) is 5.11 Å². The van der Waals surface area contributed by atoms with E-state index < -0.39 is 0 Å². The van der Waals surface area contributed by atoms with Gasteiger partial charge in [-0.1, -0.05) is 24.3 Å². The zero-order valence-corrected chi connectivity index (χ0v) is 12.7. The van der Waals surface area contributed by atoms with Gasteiger partial charge in [-0.25, -0.2) is 5.11 Å². The van der Waals surface area contributed by atoms with Gasteiger partial charge in [-0.3, -0.25) is 0 Å². The van der Waals surface area contributed by atoms with E-state index in [0.29, 0.717) is 0 Å². The van der Waals surface area contributed by atoms with Crippen molar-refractivity contribution in [3.05, 3.63) is 48.0 Å². The maximum absolute atomic E-state index is 11.2. The maximum Gasteiger partial charge on any atom is 0.118 e. The minimum Gasteiger partial charge on any atom is -0.497 e. The smallest absolute Gasteiger partial charge is 0.118 e. The Bertz CT molecular complexity index is 619. The molecule has 1 aliphatic rings. The van der Waals surface area contributed by atoms with Gasteiger partial charge < -0.3 is 14.4 Å². The highest BCUT2D eigenvalue weighted by Crippen LogP contribution is 2.33. The summed E-state index contributed by atoms with van der Waals surface area (Å²) in [6.07, 6.45) is 0. The predicted octanol–water partition coefficient (Wildman–Crippen LogP) is 3.13. The normalized spacial score (nSPS) is 14.9. The largest absolute Gasteiger partial charge is 0.497 e. The molecular formula is C18H20NO3. The Balaban J connectivity index is 2.00. The van der Waals surface area contributed by atoms with Crippen molar-refractivity contribution in [1.82, 2.24) is 0 Å². The van der Waals surface area contributed by atoms with E-state index in [4.69, 9.17) is 9.47 Å². The van der Waals surface area contributed by atoms with Crippen molar-refractivity contribution in [2.24, 2.45) is 0 Å². The van der Waals surface area contributed by atoms with Crippen LogP contribution in [-0.2, 0) is 16.5 Å². The lowest BCUT2D eigenvalue weighted by Gasteiger charge is -2.31. The molecule has 0 amide bonds. The fourth-order valence-electron chi connectivity index (χ4n) is 2.75. The Labute approximate surface area is 130 Å². The molecule has 115 valence electrons. The van der Waals surface area contributed by atoms with Crippen LogP contribution in [0.25, 0.3) is 11.1 Å². The van der Waals surface area contributed by atoms with Crippen molar-refractivity contribution < 1.29 is 14.6 Å². The van der Waals surface area contributed by atoms with Crippen LogP contribution in [0.3, 0.4) is 0 Å². The van der Waals surface area contributed by atoms with Crippen LogP contribution >= 0.6 is 0 Å². The molecule has 0 spiro atoms. The summed E-state index contributed by atoms with van der Waals surface area (Å²) in [6.45, 7) is 2.96. The van der Waals surface area contributed by atoms with Crippen LogP contribution in [-0.4, -0.2) is 33.4 Å². The molecular weight excluding hydrogens is 278 g/mol. The average molecular weight is 298 g/mol. The average Bonchev–Trinajstić information content (AvgIpc) is 2.62. The van der Waals surface area contributed by atoms with Crippen LogP contribution in [0.15, 0.2) is 42.5 Å². The van der Waals surface area contributed by atoms with E-state index in [1.165, 1.54) is 0 Å². The minimum absolute atomic E-state index is 0.194. The first kappa shape index (κ1) is 14.9. The third kappa shape index (κ3) is 3.08. The minimum atomic E-state index is -0.194. The SMILES string of the molecule is COc1ccc(-c2ccc(C[O])cc2N2CCOCC2)cc1. The lowest BCUT2D eigenvalue weighted by molar-refractivity contribution is 0.122. The fourth-order valence-corrected chi connectivity index (χ4v) is 2.75. The Hall–Kier alpha value is -2.04. The highest BCUT2D eigenvalue weighted by Gasteiger charge is 2.16. The summed E-state index contributed by atoms with van der Waals surface area (Å²) in [5, 5.41) is 11.2. The van der Waals surface area contributed by atoms with Crippen LogP contribution in [0.2, 0.25) is 0 Å². The lowest BCUT2D eigenvalue weighted by Crippen LogP contribution is -2.36. The summed E-state index contributed by atoms with van der Waals surface area (Å²) in [7, 11) is 1.66. The number of hydrogen-bond donors (Lipinski definition) is 0. The predicted molar refractivity (Wildman–Crippen MR) is 85.9 cm³/mol. The number of nitrogens with zero attached hydrogens (tertiary/aromatic N) is 1. The third-order valence-corrected chi connectivity index (χ3v) is 3.98. The molecule has 1 aliphatic heterocycles. The van der Waals surface area contributed by atoms with Gasteiger partial charge in [-0.15, -0.1) is 0 Å². The first-order chi connectivity index (χ1) is 10.8. The first-order valence-corrected chi connectivity index (χ1v) is 7.50. The highest BCUT2D eigenvalue weighted by molar-refractivity contribution is 5.79. The van der Waals surface area contributed by atoms with Gasteiger partial charge >= 0.3 is 0 Å². The summed E-state index contributed by atoms with van der Waals surface area (Å²) in [5.74, 6) is 0.841. The molecule has 1 radical (unpaired) electrons. The van der Waals surface area contributed by atoms with Crippen LogP contribution in [0.5, 0.6) is 5.75 Å². The molecule has 2 aromatic carbocycles. The van der Waals surface area contributed by atoms with Crippen LogP contribution < -0.4 is 9.64 Å². The summed E-state index contributed by atoms with van der Waals surface area (Å²) in [5.41, 5.74) is 4.20. The van der Waals surface area contributed by atoms with Gasteiger partial charge in [0.05, 0.1) is 20.3 Å². The van der Waals surface area contributed by atoms with Crippen LogP contribution in [0.1, 0.15) is 5.56 Å². The molecule has 4 heteroatoms. The Morgan fingerprint density at radius 1 is 1.09 bits per heavy atom. The van der Waals surface area contributed by atoms with Crippen molar-refractivity contribution >= 4 is 5.69 Å². The summed E-state index contributed by atoms with van der Waals surface area (Å²) in [6, 6.07) is 14.0. The highest BCUT2D eigenvalue weighted by atomic mass is 16.5. The number of anilines is 1. The summed E-state index contributed by atoms with van der Waals surface area (Å²) in [4.78, 5) is 2.29. The van der Waals surface area contributed by atoms with Gasteiger partial charge in [0, 0.05) is 24.3 Å². The Morgan fingerprint density at radius 3 is 2.45 bits per heavy atom. The molecule has 3 rings (SSSR count). The quantitative estimate of drug-likeness (QED) is 0.871. The van der Waals surface area contributed by atoms with Gasteiger partial charge in [-0.05, 0) is 29.3 Å². The van der Waals surface area contributed by atoms with E-state index in [1.807, 2.05) is 30.3 Å². The second kappa shape index (κ2) is 6.81. The zero-order chi connectivity index (χ0) is 15.4. The van der Waals surface area contributed by atoms with Crippen molar-refractivity contribution in [2.45, 2.75) is 6.61 Å². The molecule has 22 heavy (non-hydrogen) atoms. The second-order valence-corrected chi connectivity index (χ2v) is 5.32. The van der Waals surface area contributed by atoms with E-state index in [0.717, 1.165) is 54.4 Å². The van der Waals surface area contributed by atoms with Gasteiger partial charge in [0.15, 0.2) is 0 Å². The molecule has 0 N–H and O–H groups in total. The van der Waals surface area contributed by atoms with E-state index in [2.05, 4.69) is 17.0 Å². The number of methoxy groups -OCH3 is 1. The molecule has 0 aromatic heterocycles. The van der Waals surface area contributed by atoms with Crippen molar-refractivity contribution in [3.8, 4) is 16.9 Å². The zero-order valence-electron chi connectivity index (χ0n) is 12.7. The molecule has 0 atom stereocenters. The molecule has 0 aliphatic carbocycles. The molecule has 1 saturated heterocycles.